The van der Waals surface area contributed by atoms with E-state index in [0.29, 0.717) is 5.56 Å². The zero-order valence-electron chi connectivity index (χ0n) is 10.3. The van der Waals surface area contributed by atoms with Crippen molar-refractivity contribution in [3.05, 3.63) is 35.9 Å². The third-order valence-corrected chi connectivity index (χ3v) is 3.41. The number of amides is 1. The van der Waals surface area contributed by atoms with Crippen molar-refractivity contribution in [1.82, 2.24) is 5.32 Å². The topological polar surface area (TPSA) is 38.3 Å². The van der Waals surface area contributed by atoms with Crippen molar-refractivity contribution < 1.29 is 9.53 Å². The van der Waals surface area contributed by atoms with Crippen molar-refractivity contribution in [2.45, 2.75) is 43.8 Å². The number of nitrogens with one attached hydrogen (secondary N) is 1. The fourth-order valence-electron chi connectivity index (χ4n) is 2.20. The van der Waals surface area contributed by atoms with Crippen LogP contribution in [0, 0.1) is 0 Å². The van der Waals surface area contributed by atoms with Gasteiger partial charge in [-0.3, -0.25) is 4.79 Å². The highest BCUT2D eigenvalue weighted by atomic mass is 32.1. The number of ether oxygens (including phenoxy) is 1. The molecule has 0 saturated heterocycles. The largest absolute Gasteiger partial charge is 0.346 e. The summed E-state index contributed by atoms with van der Waals surface area (Å²) < 4.78 is 5.72. The number of hydrogen-bond donors (Lipinski definition) is 2. The molecule has 1 fully saturated rings. The number of thiol groups is 1. The van der Waals surface area contributed by atoms with Crippen molar-refractivity contribution in [1.29, 1.82) is 0 Å². The van der Waals surface area contributed by atoms with Crippen LogP contribution in [-0.4, -0.2) is 17.6 Å². The summed E-state index contributed by atoms with van der Waals surface area (Å²) in [5.74, 6) is -0.147. The summed E-state index contributed by atoms with van der Waals surface area (Å²) in [6, 6.07) is 9.11. The summed E-state index contributed by atoms with van der Waals surface area (Å²) in [5.41, 5.74) is 0.101. The Kier molecular flexibility index (Phi) is 5.08. The molecule has 1 aromatic rings. The summed E-state index contributed by atoms with van der Waals surface area (Å²) in [6.07, 6.45) is 6.07. The minimum atomic E-state index is -0.527. The normalized spacial score (nSPS) is 18.3. The minimum absolute atomic E-state index is 0.147. The van der Waals surface area contributed by atoms with Gasteiger partial charge in [0.05, 0.1) is 6.10 Å². The first-order valence-electron chi connectivity index (χ1n) is 6.45. The van der Waals surface area contributed by atoms with Gasteiger partial charge >= 0.3 is 0 Å². The van der Waals surface area contributed by atoms with Crippen LogP contribution in [0.4, 0.5) is 0 Å². The molecule has 0 heterocycles. The fraction of sp³-hybridized carbons (Fsp3) is 0.500. The molecule has 1 amide bonds. The Hall–Kier alpha value is -1.00. The van der Waals surface area contributed by atoms with Gasteiger partial charge < -0.3 is 10.1 Å². The number of rotatable bonds is 4. The molecule has 0 radical (unpaired) electrons. The fourth-order valence-corrected chi connectivity index (χ4v) is 2.49. The van der Waals surface area contributed by atoms with Crippen molar-refractivity contribution >= 4 is 18.5 Å². The molecule has 1 aromatic carbocycles. The molecule has 0 aromatic heterocycles. The first-order valence-corrected chi connectivity index (χ1v) is 6.97. The van der Waals surface area contributed by atoms with Crippen LogP contribution >= 0.6 is 12.6 Å². The molecule has 3 nitrogen and oxygen atoms in total. The standard InChI is InChI=1S/C14H19NO2S/c16-13(11-7-3-1-4-8-11)15-14(18)17-12-9-5-2-6-10-12/h1,3-4,7-8,12,14,18H,2,5-6,9-10H2,(H,15,16). The molecule has 2 rings (SSSR count). The van der Waals surface area contributed by atoms with Crippen LogP contribution in [0.15, 0.2) is 30.3 Å². The van der Waals surface area contributed by atoms with E-state index in [2.05, 4.69) is 17.9 Å². The number of benzene rings is 1. The Bertz CT molecular complexity index is 377. The average molecular weight is 265 g/mol. The van der Waals surface area contributed by atoms with Crippen LogP contribution < -0.4 is 5.32 Å². The molecule has 1 saturated carbocycles. The van der Waals surface area contributed by atoms with Gasteiger partial charge in [-0.2, -0.15) is 0 Å². The Morgan fingerprint density at radius 3 is 2.56 bits per heavy atom. The average Bonchev–Trinajstić information content (AvgIpc) is 2.40. The lowest BCUT2D eigenvalue weighted by Crippen LogP contribution is -2.36. The Morgan fingerprint density at radius 2 is 1.89 bits per heavy atom. The highest BCUT2D eigenvalue weighted by Gasteiger charge is 2.18. The quantitative estimate of drug-likeness (QED) is 0.649. The zero-order chi connectivity index (χ0) is 12.8. The van der Waals surface area contributed by atoms with E-state index in [1.54, 1.807) is 12.1 Å². The van der Waals surface area contributed by atoms with Crippen LogP contribution in [0.1, 0.15) is 42.5 Å². The first kappa shape index (κ1) is 13.4. The van der Waals surface area contributed by atoms with Gasteiger partial charge in [-0.1, -0.05) is 37.5 Å². The van der Waals surface area contributed by atoms with Gasteiger partial charge in [-0.25, -0.2) is 0 Å². The first-order chi connectivity index (χ1) is 8.75. The lowest BCUT2D eigenvalue weighted by atomic mass is 9.98. The van der Waals surface area contributed by atoms with Gasteiger partial charge in [-0.15, -0.1) is 12.6 Å². The van der Waals surface area contributed by atoms with Crippen LogP contribution in [0.2, 0.25) is 0 Å². The highest BCUT2D eigenvalue weighted by molar-refractivity contribution is 7.80. The molecule has 1 atom stereocenters. The molecule has 0 spiro atoms. The van der Waals surface area contributed by atoms with Gasteiger partial charge in [0, 0.05) is 5.56 Å². The second-order valence-corrected chi connectivity index (χ2v) is 5.06. The number of hydrogen-bond acceptors (Lipinski definition) is 3. The minimum Gasteiger partial charge on any atom is -0.346 e. The van der Waals surface area contributed by atoms with Crippen LogP contribution in [0.5, 0.6) is 0 Å². The summed E-state index contributed by atoms with van der Waals surface area (Å²) in [6.45, 7) is 0. The third-order valence-electron chi connectivity index (χ3n) is 3.16. The molecule has 1 unspecified atom stereocenters. The number of carbonyl (C=O) groups excluding carboxylic acids is 1. The van der Waals surface area contributed by atoms with E-state index >= 15 is 0 Å². The molecular weight excluding hydrogens is 246 g/mol. The van der Waals surface area contributed by atoms with Crippen molar-refractivity contribution in [3.63, 3.8) is 0 Å². The van der Waals surface area contributed by atoms with Crippen molar-refractivity contribution in [2.24, 2.45) is 0 Å². The van der Waals surface area contributed by atoms with E-state index < -0.39 is 5.56 Å². The van der Waals surface area contributed by atoms with E-state index in [-0.39, 0.29) is 12.0 Å². The maximum absolute atomic E-state index is 11.9. The second kappa shape index (κ2) is 6.81. The van der Waals surface area contributed by atoms with Gasteiger partial charge in [0.2, 0.25) is 0 Å². The molecule has 1 N–H and O–H groups in total. The van der Waals surface area contributed by atoms with E-state index in [0.717, 1.165) is 12.8 Å². The lowest BCUT2D eigenvalue weighted by Gasteiger charge is -2.25. The van der Waals surface area contributed by atoms with E-state index in [9.17, 15) is 4.79 Å². The third kappa shape index (κ3) is 4.03. The molecule has 0 aliphatic heterocycles. The van der Waals surface area contributed by atoms with Gasteiger partial charge in [0.1, 0.15) is 0 Å². The predicted octanol–water partition coefficient (Wildman–Crippen LogP) is 2.98. The molecular formula is C14H19NO2S. The van der Waals surface area contributed by atoms with E-state index in [1.165, 1.54) is 19.3 Å². The Labute approximate surface area is 113 Å². The molecule has 1 aliphatic rings. The Morgan fingerprint density at radius 1 is 1.22 bits per heavy atom. The second-order valence-electron chi connectivity index (χ2n) is 4.59. The molecule has 98 valence electrons. The zero-order valence-corrected chi connectivity index (χ0v) is 11.2. The van der Waals surface area contributed by atoms with Crippen LogP contribution in [0.3, 0.4) is 0 Å². The van der Waals surface area contributed by atoms with E-state index in [1.807, 2.05) is 18.2 Å². The van der Waals surface area contributed by atoms with Gasteiger partial charge in [0.25, 0.3) is 5.91 Å². The summed E-state index contributed by atoms with van der Waals surface area (Å²) in [5, 5.41) is 2.75. The molecule has 1 aliphatic carbocycles. The Balaban J connectivity index is 1.80. The van der Waals surface area contributed by atoms with Crippen LogP contribution in [0.25, 0.3) is 0 Å². The smallest absolute Gasteiger partial charge is 0.253 e. The molecule has 4 heteroatoms. The SMILES string of the molecule is O=C(NC(S)OC1CCCCC1)c1ccccc1. The summed E-state index contributed by atoms with van der Waals surface area (Å²) in [4.78, 5) is 11.9. The predicted molar refractivity (Wildman–Crippen MR) is 74.6 cm³/mol. The molecule has 0 bridgehead atoms. The van der Waals surface area contributed by atoms with Gasteiger partial charge in [0.15, 0.2) is 5.56 Å². The monoisotopic (exact) mass is 265 g/mol. The van der Waals surface area contributed by atoms with Crippen molar-refractivity contribution in [2.75, 3.05) is 0 Å². The maximum atomic E-state index is 11.9. The highest BCUT2D eigenvalue weighted by Crippen LogP contribution is 2.21. The summed E-state index contributed by atoms with van der Waals surface area (Å²) >= 11 is 4.28. The van der Waals surface area contributed by atoms with Gasteiger partial charge in [-0.05, 0) is 25.0 Å². The summed E-state index contributed by atoms with van der Waals surface area (Å²) in [7, 11) is 0. The van der Waals surface area contributed by atoms with E-state index in [4.69, 9.17) is 4.74 Å². The lowest BCUT2D eigenvalue weighted by molar-refractivity contribution is 0.00119. The maximum Gasteiger partial charge on any atom is 0.253 e. The number of carbonyl (C=O) groups is 1. The molecule has 18 heavy (non-hydrogen) atoms. The van der Waals surface area contributed by atoms with Crippen molar-refractivity contribution in [3.8, 4) is 0 Å². The van der Waals surface area contributed by atoms with Crippen LogP contribution in [-0.2, 0) is 4.74 Å².